The van der Waals surface area contributed by atoms with Crippen LogP contribution in [0.1, 0.15) is 17.4 Å². The van der Waals surface area contributed by atoms with E-state index in [2.05, 4.69) is 20.6 Å². The zero-order valence-corrected chi connectivity index (χ0v) is 14.7. The third kappa shape index (κ3) is 4.20. The van der Waals surface area contributed by atoms with Crippen LogP contribution < -0.4 is 15.4 Å². The summed E-state index contributed by atoms with van der Waals surface area (Å²) in [4.78, 5) is 20.2. The first-order valence-corrected chi connectivity index (χ1v) is 8.25. The molecule has 3 aromatic rings. The van der Waals surface area contributed by atoms with Gasteiger partial charge in [0.15, 0.2) is 17.5 Å². The number of hydrogen-bond acceptors (Lipinski definition) is 5. The fourth-order valence-corrected chi connectivity index (χ4v) is 2.31. The molecular weight excluding hydrogens is 373 g/mol. The second-order valence-corrected chi connectivity index (χ2v) is 5.52. The molecule has 144 valence electrons. The third-order valence-corrected chi connectivity index (χ3v) is 3.62. The van der Waals surface area contributed by atoms with Crippen molar-refractivity contribution in [2.45, 2.75) is 6.92 Å². The van der Waals surface area contributed by atoms with Crippen molar-refractivity contribution in [3.8, 4) is 5.75 Å². The lowest BCUT2D eigenvalue weighted by atomic mass is 10.2. The molecule has 1 aromatic heterocycles. The van der Waals surface area contributed by atoms with Crippen molar-refractivity contribution in [1.82, 2.24) is 9.97 Å². The van der Waals surface area contributed by atoms with Gasteiger partial charge in [-0.1, -0.05) is 12.1 Å². The van der Waals surface area contributed by atoms with Gasteiger partial charge in [0.2, 0.25) is 0 Å². The van der Waals surface area contributed by atoms with Crippen LogP contribution in [-0.4, -0.2) is 22.5 Å². The number of amides is 1. The number of aromatic nitrogens is 2. The Balaban J connectivity index is 1.72. The Morgan fingerprint density at radius 1 is 1.00 bits per heavy atom. The van der Waals surface area contributed by atoms with E-state index < -0.39 is 29.0 Å². The Bertz CT molecular complexity index is 997. The van der Waals surface area contributed by atoms with Crippen molar-refractivity contribution >= 4 is 23.1 Å². The van der Waals surface area contributed by atoms with Gasteiger partial charge in [-0.15, -0.1) is 0 Å². The van der Waals surface area contributed by atoms with Crippen molar-refractivity contribution in [2.24, 2.45) is 0 Å². The zero-order chi connectivity index (χ0) is 20.1. The summed E-state index contributed by atoms with van der Waals surface area (Å²) in [6.45, 7) is 2.35. The first-order chi connectivity index (χ1) is 13.5. The maximum absolute atomic E-state index is 13.7. The first-order valence-electron chi connectivity index (χ1n) is 8.25. The van der Waals surface area contributed by atoms with E-state index in [4.69, 9.17) is 4.74 Å². The van der Waals surface area contributed by atoms with Crippen LogP contribution in [0.15, 0.2) is 48.8 Å². The molecule has 2 N–H and O–H groups in total. The number of nitrogens with one attached hydrogen (secondary N) is 2. The second kappa shape index (κ2) is 8.38. The predicted molar refractivity (Wildman–Crippen MR) is 97.2 cm³/mol. The molecule has 0 aliphatic carbocycles. The summed E-state index contributed by atoms with van der Waals surface area (Å²) < 4.78 is 45.4. The lowest BCUT2D eigenvalue weighted by molar-refractivity contribution is 0.102. The largest absolute Gasteiger partial charge is 0.492 e. The average molecular weight is 388 g/mol. The van der Waals surface area contributed by atoms with Crippen LogP contribution in [0.4, 0.5) is 30.4 Å². The predicted octanol–water partition coefficient (Wildman–Crippen LogP) is 4.29. The Hall–Kier alpha value is -3.62. The molecule has 0 unspecified atom stereocenters. The van der Waals surface area contributed by atoms with E-state index in [1.54, 1.807) is 12.1 Å². The molecule has 1 heterocycles. The van der Waals surface area contributed by atoms with Crippen LogP contribution in [0.25, 0.3) is 0 Å². The zero-order valence-electron chi connectivity index (χ0n) is 14.7. The summed E-state index contributed by atoms with van der Waals surface area (Å²) in [7, 11) is 0. The molecule has 9 heteroatoms. The van der Waals surface area contributed by atoms with Gasteiger partial charge in [0.25, 0.3) is 5.91 Å². The van der Waals surface area contributed by atoms with E-state index >= 15 is 0 Å². The summed E-state index contributed by atoms with van der Waals surface area (Å²) >= 11 is 0. The van der Waals surface area contributed by atoms with Gasteiger partial charge in [0, 0.05) is 0 Å². The fourth-order valence-electron chi connectivity index (χ4n) is 2.31. The van der Waals surface area contributed by atoms with Crippen molar-refractivity contribution in [2.75, 3.05) is 17.2 Å². The SMILES string of the molecule is CCOc1ccccc1Nc1cnc(C(=O)Nc2ccc(F)c(F)c2F)cn1. The molecule has 6 nitrogen and oxygen atoms in total. The number of carbonyl (C=O) groups is 1. The van der Waals surface area contributed by atoms with E-state index in [9.17, 15) is 18.0 Å². The highest BCUT2D eigenvalue weighted by molar-refractivity contribution is 6.02. The first kappa shape index (κ1) is 19.2. The molecule has 0 fully saturated rings. The molecule has 0 saturated heterocycles. The van der Waals surface area contributed by atoms with Gasteiger partial charge >= 0.3 is 0 Å². The average Bonchev–Trinajstić information content (AvgIpc) is 2.70. The fraction of sp³-hybridized carbons (Fsp3) is 0.105. The minimum Gasteiger partial charge on any atom is -0.492 e. The van der Waals surface area contributed by atoms with Gasteiger partial charge in [0.1, 0.15) is 17.3 Å². The number of hydrogen-bond donors (Lipinski definition) is 2. The number of carbonyl (C=O) groups excluding carboxylic acids is 1. The summed E-state index contributed by atoms with van der Waals surface area (Å²) in [6, 6.07) is 8.85. The Labute approximate surface area is 158 Å². The van der Waals surface area contributed by atoms with Crippen molar-refractivity contribution in [1.29, 1.82) is 0 Å². The Kier molecular flexibility index (Phi) is 5.73. The normalized spacial score (nSPS) is 10.4. The summed E-state index contributed by atoms with van der Waals surface area (Å²) in [6.07, 6.45) is 2.47. The third-order valence-electron chi connectivity index (χ3n) is 3.62. The highest BCUT2D eigenvalue weighted by Gasteiger charge is 2.17. The minimum absolute atomic E-state index is 0.132. The molecule has 28 heavy (non-hydrogen) atoms. The van der Waals surface area contributed by atoms with Crippen LogP contribution in [-0.2, 0) is 0 Å². The van der Waals surface area contributed by atoms with Crippen LogP contribution in [0.3, 0.4) is 0 Å². The molecule has 2 aromatic carbocycles. The van der Waals surface area contributed by atoms with Gasteiger partial charge in [-0.3, -0.25) is 4.79 Å². The molecule has 3 rings (SSSR count). The van der Waals surface area contributed by atoms with Gasteiger partial charge in [-0.25, -0.2) is 23.1 Å². The standard InChI is InChI=1S/C19H15F3N4O2/c1-2-28-15-6-4-3-5-12(15)25-16-10-23-14(9-24-16)19(27)26-13-8-7-11(20)17(21)18(13)22/h3-10H,2H2,1H3,(H,24,25)(H,26,27). The topological polar surface area (TPSA) is 76.1 Å². The van der Waals surface area contributed by atoms with Crippen LogP contribution in [0.2, 0.25) is 0 Å². The molecule has 0 atom stereocenters. The van der Waals surface area contributed by atoms with E-state index in [1.165, 1.54) is 12.4 Å². The number of benzene rings is 2. The lowest BCUT2D eigenvalue weighted by Gasteiger charge is -2.11. The molecule has 1 amide bonds. The van der Waals surface area contributed by atoms with Crippen molar-refractivity contribution in [3.05, 3.63) is 71.9 Å². The Morgan fingerprint density at radius 3 is 2.50 bits per heavy atom. The highest BCUT2D eigenvalue weighted by atomic mass is 19.2. The molecule has 0 saturated carbocycles. The number of para-hydroxylation sites is 2. The van der Waals surface area contributed by atoms with Gasteiger partial charge < -0.3 is 15.4 Å². The van der Waals surface area contributed by atoms with E-state index in [0.717, 1.165) is 6.07 Å². The van der Waals surface area contributed by atoms with Crippen LogP contribution in [0, 0.1) is 17.5 Å². The second-order valence-electron chi connectivity index (χ2n) is 5.52. The number of nitrogens with zero attached hydrogens (tertiary/aromatic N) is 2. The molecule has 0 spiro atoms. The van der Waals surface area contributed by atoms with E-state index in [1.807, 2.05) is 19.1 Å². The lowest BCUT2D eigenvalue weighted by Crippen LogP contribution is -2.16. The maximum Gasteiger partial charge on any atom is 0.275 e. The number of ether oxygens (including phenoxy) is 1. The van der Waals surface area contributed by atoms with Gasteiger partial charge in [-0.05, 0) is 31.2 Å². The van der Waals surface area contributed by atoms with Crippen LogP contribution in [0.5, 0.6) is 5.75 Å². The minimum atomic E-state index is -1.67. The molecule has 0 aliphatic rings. The smallest absolute Gasteiger partial charge is 0.275 e. The number of rotatable bonds is 6. The number of halogens is 3. The maximum atomic E-state index is 13.7. The monoisotopic (exact) mass is 388 g/mol. The highest BCUT2D eigenvalue weighted by Crippen LogP contribution is 2.26. The van der Waals surface area contributed by atoms with Crippen LogP contribution >= 0.6 is 0 Å². The summed E-state index contributed by atoms with van der Waals surface area (Å²) in [5.74, 6) is -4.36. The van der Waals surface area contributed by atoms with Gasteiger partial charge in [0.05, 0.1) is 30.4 Å². The quantitative estimate of drug-likeness (QED) is 0.616. The van der Waals surface area contributed by atoms with Gasteiger partial charge in [-0.2, -0.15) is 0 Å². The molecular formula is C19H15F3N4O2. The molecule has 0 aliphatic heterocycles. The molecule has 0 radical (unpaired) electrons. The Morgan fingerprint density at radius 2 is 1.79 bits per heavy atom. The summed E-state index contributed by atoms with van der Waals surface area (Å²) in [5, 5.41) is 5.14. The van der Waals surface area contributed by atoms with E-state index in [-0.39, 0.29) is 5.69 Å². The number of anilines is 3. The van der Waals surface area contributed by atoms with E-state index in [0.29, 0.717) is 29.9 Å². The van der Waals surface area contributed by atoms with Crippen molar-refractivity contribution in [3.63, 3.8) is 0 Å². The summed E-state index contributed by atoms with van der Waals surface area (Å²) in [5.41, 5.74) is 0.0334. The molecule has 0 bridgehead atoms. The van der Waals surface area contributed by atoms with Crippen molar-refractivity contribution < 1.29 is 22.7 Å².